The maximum atomic E-state index is 6.08. The first-order valence-corrected chi connectivity index (χ1v) is 6.75. The van der Waals surface area contributed by atoms with Crippen LogP contribution in [0, 0.1) is 5.92 Å². The second kappa shape index (κ2) is 6.01. The third-order valence-corrected chi connectivity index (χ3v) is 3.71. The average Bonchev–Trinajstić information content (AvgIpc) is 2.85. The molecule has 0 aromatic carbocycles. The number of nitrogen functional groups attached to an aromatic ring is 1. The Morgan fingerprint density at radius 2 is 2.24 bits per heavy atom. The average molecular weight is 233 g/mol. The summed E-state index contributed by atoms with van der Waals surface area (Å²) in [7, 11) is 0. The normalized spacial score (nSPS) is 18.4. The smallest absolute Gasteiger partial charge is 0.0393 e. The number of nitrogens with zero attached hydrogens (tertiary/aromatic N) is 1. The fraction of sp³-hybridized carbons (Fsp3) is 0.643. The quantitative estimate of drug-likeness (QED) is 0.822. The van der Waals surface area contributed by atoms with Crippen LogP contribution >= 0.6 is 0 Å². The van der Waals surface area contributed by atoms with Gasteiger partial charge in [0.1, 0.15) is 0 Å². The molecule has 0 saturated heterocycles. The molecular formula is C14H23N3. The van der Waals surface area contributed by atoms with Crippen molar-refractivity contribution >= 4 is 5.69 Å². The van der Waals surface area contributed by atoms with Crippen molar-refractivity contribution in [3.05, 3.63) is 24.0 Å². The van der Waals surface area contributed by atoms with Gasteiger partial charge in [0.25, 0.3) is 0 Å². The number of nitrogens with one attached hydrogen (secondary N) is 1. The Hall–Kier alpha value is -1.09. The van der Waals surface area contributed by atoms with Crippen molar-refractivity contribution in [2.75, 3.05) is 12.3 Å². The molecule has 1 aliphatic carbocycles. The predicted octanol–water partition coefficient (Wildman–Crippen LogP) is 2.89. The summed E-state index contributed by atoms with van der Waals surface area (Å²) in [6.45, 7) is 3.25. The van der Waals surface area contributed by atoms with Gasteiger partial charge in [0.2, 0.25) is 0 Å². The standard InChI is InChI=1S/C14H23N3/c1-2-8-17-14(11-5-3-4-6-11)12-10-16-9-7-13(12)15/h7,9-11,14,17H,2-6,8H2,1H3,(H2,15,16). The van der Waals surface area contributed by atoms with Gasteiger partial charge in [-0.15, -0.1) is 0 Å². The van der Waals surface area contributed by atoms with Crippen LogP contribution in [0.25, 0.3) is 0 Å². The van der Waals surface area contributed by atoms with Gasteiger partial charge in [0.05, 0.1) is 0 Å². The van der Waals surface area contributed by atoms with Gasteiger partial charge in [-0.1, -0.05) is 19.8 Å². The highest BCUT2D eigenvalue weighted by Gasteiger charge is 2.27. The molecule has 1 atom stereocenters. The van der Waals surface area contributed by atoms with Crippen LogP contribution in [0.2, 0.25) is 0 Å². The Balaban J connectivity index is 2.16. The van der Waals surface area contributed by atoms with Gasteiger partial charge in [-0.3, -0.25) is 4.98 Å². The molecule has 0 aliphatic heterocycles. The minimum absolute atomic E-state index is 0.395. The van der Waals surface area contributed by atoms with E-state index in [-0.39, 0.29) is 0 Å². The van der Waals surface area contributed by atoms with Gasteiger partial charge >= 0.3 is 0 Å². The lowest BCUT2D eigenvalue weighted by atomic mass is 9.91. The summed E-state index contributed by atoms with van der Waals surface area (Å²) in [6, 6.07) is 2.30. The van der Waals surface area contributed by atoms with Crippen molar-refractivity contribution in [1.82, 2.24) is 10.3 Å². The fourth-order valence-electron chi connectivity index (χ4n) is 2.80. The lowest BCUT2D eigenvalue weighted by molar-refractivity contribution is 0.368. The number of hydrogen-bond acceptors (Lipinski definition) is 3. The van der Waals surface area contributed by atoms with Crippen LogP contribution in [0.5, 0.6) is 0 Å². The van der Waals surface area contributed by atoms with E-state index >= 15 is 0 Å². The number of hydrogen-bond donors (Lipinski definition) is 2. The van der Waals surface area contributed by atoms with Crippen LogP contribution in [0.4, 0.5) is 5.69 Å². The maximum absolute atomic E-state index is 6.08. The highest BCUT2D eigenvalue weighted by Crippen LogP contribution is 2.37. The zero-order chi connectivity index (χ0) is 12.1. The lowest BCUT2D eigenvalue weighted by Gasteiger charge is -2.26. The zero-order valence-electron chi connectivity index (χ0n) is 10.7. The molecule has 3 heteroatoms. The summed E-state index contributed by atoms with van der Waals surface area (Å²) >= 11 is 0. The maximum Gasteiger partial charge on any atom is 0.0393 e. The van der Waals surface area contributed by atoms with Crippen LogP contribution in [-0.4, -0.2) is 11.5 Å². The van der Waals surface area contributed by atoms with Crippen molar-refractivity contribution in [3.8, 4) is 0 Å². The molecule has 0 radical (unpaired) electrons. The highest BCUT2D eigenvalue weighted by molar-refractivity contribution is 5.46. The summed E-state index contributed by atoms with van der Waals surface area (Å²) in [5.74, 6) is 0.730. The molecule has 1 saturated carbocycles. The van der Waals surface area contributed by atoms with Crippen molar-refractivity contribution in [2.45, 2.75) is 45.1 Å². The molecule has 2 rings (SSSR count). The lowest BCUT2D eigenvalue weighted by Crippen LogP contribution is -2.28. The third kappa shape index (κ3) is 2.97. The molecule has 0 amide bonds. The Kier molecular flexibility index (Phi) is 4.37. The molecule has 1 aromatic heterocycles. The van der Waals surface area contributed by atoms with Gasteiger partial charge in [-0.2, -0.15) is 0 Å². The zero-order valence-corrected chi connectivity index (χ0v) is 10.7. The summed E-state index contributed by atoms with van der Waals surface area (Å²) in [6.07, 6.45) is 10.2. The van der Waals surface area contributed by atoms with Gasteiger partial charge in [0, 0.05) is 29.7 Å². The largest absolute Gasteiger partial charge is 0.398 e. The van der Waals surface area contributed by atoms with Crippen molar-refractivity contribution in [1.29, 1.82) is 0 Å². The first-order chi connectivity index (χ1) is 8.33. The molecule has 17 heavy (non-hydrogen) atoms. The number of anilines is 1. The molecule has 1 aliphatic rings. The van der Waals surface area contributed by atoms with Crippen LogP contribution in [-0.2, 0) is 0 Å². The van der Waals surface area contributed by atoms with Crippen LogP contribution < -0.4 is 11.1 Å². The second-order valence-electron chi connectivity index (χ2n) is 4.98. The van der Waals surface area contributed by atoms with Gasteiger partial charge in [0.15, 0.2) is 0 Å². The summed E-state index contributed by atoms with van der Waals surface area (Å²) in [5, 5.41) is 3.65. The van der Waals surface area contributed by atoms with Gasteiger partial charge in [-0.05, 0) is 37.8 Å². The van der Waals surface area contributed by atoms with Crippen molar-refractivity contribution < 1.29 is 0 Å². The van der Waals surface area contributed by atoms with Crippen molar-refractivity contribution in [2.24, 2.45) is 5.92 Å². The van der Waals surface area contributed by atoms with E-state index in [4.69, 9.17) is 5.73 Å². The number of aromatic nitrogens is 1. The molecule has 3 nitrogen and oxygen atoms in total. The Bertz CT molecular complexity index is 345. The van der Waals surface area contributed by atoms with E-state index in [1.807, 2.05) is 12.3 Å². The molecule has 1 aromatic rings. The number of nitrogens with two attached hydrogens (primary N) is 1. The fourth-order valence-corrected chi connectivity index (χ4v) is 2.80. The van der Waals surface area contributed by atoms with E-state index in [9.17, 15) is 0 Å². The van der Waals surface area contributed by atoms with E-state index < -0.39 is 0 Å². The van der Waals surface area contributed by atoms with E-state index in [1.54, 1.807) is 6.20 Å². The third-order valence-electron chi connectivity index (χ3n) is 3.71. The van der Waals surface area contributed by atoms with E-state index in [2.05, 4.69) is 17.2 Å². The predicted molar refractivity (Wildman–Crippen MR) is 71.6 cm³/mol. The van der Waals surface area contributed by atoms with Crippen LogP contribution in [0.15, 0.2) is 18.5 Å². The Morgan fingerprint density at radius 1 is 1.47 bits per heavy atom. The Labute approximate surface area is 104 Å². The SMILES string of the molecule is CCCNC(c1cnccc1N)C1CCCC1. The number of pyridine rings is 1. The topological polar surface area (TPSA) is 50.9 Å². The molecule has 3 N–H and O–H groups in total. The molecule has 1 fully saturated rings. The molecule has 94 valence electrons. The van der Waals surface area contributed by atoms with E-state index in [0.717, 1.165) is 24.6 Å². The molecular weight excluding hydrogens is 210 g/mol. The van der Waals surface area contributed by atoms with E-state index in [0.29, 0.717) is 6.04 Å². The van der Waals surface area contributed by atoms with Gasteiger partial charge in [-0.25, -0.2) is 0 Å². The summed E-state index contributed by atoms with van der Waals surface area (Å²) in [5.41, 5.74) is 8.14. The minimum Gasteiger partial charge on any atom is -0.398 e. The number of rotatable bonds is 5. The molecule has 1 unspecified atom stereocenters. The van der Waals surface area contributed by atoms with Crippen LogP contribution in [0.1, 0.15) is 50.6 Å². The first kappa shape index (κ1) is 12.4. The molecule has 0 bridgehead atoms. The Morgan fingerprint density at radius 3 is 2.88 bits per heavy atom. The second-order valence-corrected chi connectivity index (χ2v) is 4.98. The van der Waals surface area contributed by atoms with Crippen LogP contribution in [0.3, 0.4) is 0 Å². The minimum atomic E-state index is 0.395. The first-order valence-electron chi connectivity index (χ1n) is 6.75. The van der Waals surface area contributed by atoms with Gasteiger partial charge < -0.3 is 11.1 Å². The molecule has 1 heterocycles. The monoisotopic (exact) mass is 233 g/mol. The van der Waals surface area contributed by atoms with E-state index in [1.165, 1.54) is 31.2 Å². The molecule has 0 spiro atoms. The highest BCUT2D eigenvalue weighted by atomic mass is 14.9. The summed E-state index contributed by atoms with van der Waals surface area (Å²) < 4.78 is 0. The van der Waals surface area contributed by atoms with Crippen molar-refractivity contribution in [3.63, 3.8) is 0 Å². The summed E-state index contributed by atoms with van der Waals surface area (Å²) in [4.78, 5) is 4.23.